The maximum Gasteiger partial charge on any atom is 0.308 e. The van der Waals surface area contributed by atoms with Crippen molar-refractivity contribution in [2.24, 2.45) is 5.92 Å². The highest BCUT2D eigenvalue weighted by atomic mass is 16.5. The number of carbonyl (C=O) groups is 1. The number of nitrogen functional groups attached to an aromatic ring is 1. The third-order valence-corrected chi connectivity index (χ3v) is 4.01. The first-order valence-corrected chi connectivity index (χ1v) is 7.04. The lowest BCUT2D eigenvalue weighted by molar-refractivity contribution is -0.146. The summed E-state index contributed by atoms with van der Waals surface area (Å²) in [6.45, 7) is 3.65. The average Bonchev–Trinajstić information content (AvgIpc) is 2.87. The summed E-state index contributed by atoms with van der Waals surface area (Å²) in [5.74, 6) is 0.183. The molecule has 0 aliphatic carbocycles. The van der Waals surface area contributed by atoms with Crippen LogP contribution in [0.15, 0.2) is 12.3 Å². The summed E-state index contributed by atoms with van der Waals surface area (Å²) in [5, 5.41) is 4.17. The largest absolute Gasteiger partial charge is 0.469 e. The van der Waals surface area contributed by atoms with Gasteiger partial charge in [0.15, 0.2) is 5.65 Å². The number of esters is 1. The van der Waals surface area contributed by atoms with Gasteiger partial charge in [0.25, 0.3) is 0 Å². The molecular weight excluding hydrogens is 270 g/mol. The number of aryl methyl sites for hydroxylation is 1. The molecule has 2 aromatic heterocycles. The van der Waals surface area contributed by atoms with E-state index >= 15 is 0 Å². The number of ether oxygens (including phenoxy) is 1. The molecule has 1 saturated heterocycles. The second-order valence-electron chi connectivity index (χ2n) is 5.40. The van der Waals surface area contributed by atoms with Crippen LogP contribution in [0.25, 0.3) is 5.65 Å². The van der Waals surface area contributed by atoms with Crippen LogP contribution in [-0.2, 0) is 9.53 Å². The molecule has 2 aromatic rings. The predicted molar refractivity (Wildman–Crippen MR) is 79.1 cm³/mol. The quantitative estimate of drug-likeness (QED) is 0.830. The zero-order chi connectivity index (χ0) is 15.0. The summed E-state index contributed by atoms with van der Waals surface area (Å²) in [4.78, 5) is 18.0. The van der Waals surface area contributed by atoms with Gasteiger partial charge >= 0.3 is 5.97 Å². The molecule has 112 valence electrons. The van der Waals surface area contributed by atoms with Gasteiger partial charge in [0.05, 0.1) is 24.9 Å². The molecule has 0 saturated carbocycles. The highest BCUT2D eigenvalue weighted by Gasteiger charge is 2.26. The Morgan fingerprint density at radius 1 is 1.43 bits per heavy atom. The molecule has 0 radical (unpaired) electrons. The first kappa shape index (κ1) is 13.7. The Morgan fingerprint density at radius 2 is 2.14 bits per heavy atom. The topological polar surface area (TPSA) is 85.8 Å². The normalized spacial score (nSPS) is 16.4. The number of hydrogen-bond acceptors (Lipinski definition) is 6. The molecule has 7 heteroatoms. The Morgan fingerprint density at radius 3 is 2.81 bits per heavy atom. The molecule has 1 fully saturated rings. The Balaban J connectivity index is 1.80. The van der Waals surface area contributed by atoms with Crippen molar-refractivity contribution in [2.75, 3.05) is 30.8 Å². The van der Waals surface area contributed by atoms with Crippen molar-refractivity contribution in [1.29, 1.82) is 0 Å². The second kappa shape index (κ2) is 5.23. The van der Waals surface area contributed by atoms with Gasteiger partial charge in [0, 0.05) is 13.1 Å². The van der Waals surface area contributed by atoms with Crippen LogP contribution >= 0.6 is 0 Å². The van der Waals surface area contributed by atoms with Crippen LogP contribution in [0.4, 0.5) is 11.6 Å². The van der Waals surface area contributed by atoms with E-state index in [9.17, 15) is 4.79 Å². The minimum atomic E-state index is -0.106. The standard InChI is InChI=1S/C14H19N5O2/c1-9-7-11(8-19-12(9)16-14(15)17-19)18-5-3-10(4-6-18)13(20)21-2/h7-8,10H,3-6H2,1-2H3,(H2,15,17). The third kappa shape index (κ3) is 2.51. The maximum absolute atomic E-state index is 11.6. The number of pyridine rings is 1. The number of nitrogens with zero attached hydrogens (tertiary/aromatic N) is 4. The molecule has 0 bridgehead atoms. The lowest BCUT2D eigenvalue weighted by atomic mass is 9.97. The van der Waals surface area contributed by atoms with E-state index in [1.807, 2.05) is 13.1 Å². The summed E-state index contributed by atoms with van der Waals surface area (Å²) in [7, 11) is 1.45. The number of piperidine rings is 1. The molecule has 3 heterocycles. The highest BCUT2D eigenvalue weighted by Crippen LogP contribution is 2.25. The first-order chi connectivity index (χ1) is 10.1. The molecule has 0 spiro atoms. The Labute approximate surface area is 122 Å². The fourth-order valence-electron chi connectivity index (χ4n) is 2.86. The van der Waals surface area contributed by atoms with Crippen LogP contribution in [0.5, 0.6) is 0 Å². The van der Waals surface area contributed by atoms with Gasteiger partial charge in [-0.25, -0.2) is 4.52 Å². The minimum Gasteiger partial charge on any atom is -0.469 e. The van der Waals surface area contributed by atoms with Crippen LogP contribution in [0.1, 0.15) is 18.4 Å². The fraction of sp³-hybridized carbons (Fsp3) is 0.500. The summed E-state index contributed by atoms with van der Waals surface area (Å²) in [6, 6.07) is 2.09. The Hall–Kier alpha value is -2.31. The van der Waals surface area contributed by atoms with Gasteiger partial charge in [-0.1, -0.05) is 0 Å². The third-order valence-electron chi connectivity index (χ3n) is 4.01. The monoisotopic (exact) mass is 289 g/mol. The average molecular weight is 289 g/mol. The van der Waals surface area contributed by atoms with Crippen molar-refractivity contribution in [2.45, 2.75) is 19.8 Å². The Bertz CT molecular complexity index is 673. The molecular formula is C14H19N5O2. The summed E-state index contributed by atoms with van der Waals surface area (Å²) in [6.07, 6.45) is 3.55. The second-order valence-corrected chi connectivity index (χ2v) is 5.40. The van der Waals surface area contributed by atoms with E-state index in [2.05, 4.69) is 21.0 Å². The number of fused-ring (bicyclic) bond motifs is 1. The first-order valence-electron chi connectivity index (χ1n) is 7.04. The van der Waals surface area contributed by atoms with Gasteiger partial charge < -0.3 is 15.4 Å². The van der Waals surface area contributed by atoms with E-state index in [1.165, 1.54) is 7.11 Å². The van der Waals surface area contributed by atoms with Crippen molar-refractivity contribution in [3.05, 3.63) is 17.8 Å². The SMILES string of the molecule is COC(=O)C1CCN(c2cc(C)c3nc(N)nn3c2)CC1. The van der Waals surface area contributed by atoms with Crippen molar-refractivity contribution < 1.29 is 9.53 Å². The number of methoxy groups -OCH3 is 1. The van der Waals surface area contributed by atoms with Gasteiger partial charge in [0.2, 0.25) is 5.95 Å². The van der Waals surface area contributed by atoms with Crippen molar-refractivity contribution in [3.63, 3.8) is 0 Å². The number of aromatic nitrogens is 3. The number of rotatable bonds is 2. The molecule has 1 aliphatic heterocycles. The highest BCUT2D eigenvalue weighted by molar-refractivity contribution is 5.72. The van der Waals surface area contributed by atoms with E-state index in [0.29, 0.717) is 0 Å². The van der Waals surface area contributed by atoms with Gasteiger partial charge in [-0.05, 0) is 31.4 Å². The zero-order valence-electron chi connectivity index (χ0n) is 12.2. The molecule has 2 N–H and O–H groups in total. The number of carbonyl (C=O) groups excluding carboxylic acids is 1. The van der Waals surface area contributed by atoms with Crippen LogP contribution in [-0.4, -0.2) is 40.8 Å². The molecule has 21 heavy (non-hydrogen) atoms. The van der Waals surface area contributed by atoms with E-state index in [-0.39, 0.29) is 17.8 Å². The summed E-state index contributed by atoms with van der Waals surface area (Å²) >= 11 is 0. The number of anilines is 2. The molecule has 3 rings (SSSR count). The van der Waals surface area contributed by atoms with Crippen molar-refractivity contribution >= 4 is 23.3 Å². The summed E-state index contributed by atoms with van der Waals surface area (Å²) < 4.78 is 6.53. The minimum absolute atomic E-state index is 0.0121. The van der Waals surface area contributed by atoms with Crippen molar-refractivity contribution in [3.8, 4) is 0 Å². The van der Waals surface area contributed by atoms with Crippen LogP contribution < -0.4 is 10.6 Å². The number of nitrogens with two attached hydrogens (primary N) is 1. The maximum atomic E-state index is 11.6. The zero-order valence-corrected chi connectivity index (χ0v) is 12.2. The van der Waals surface area contributed by atoms with Gasteiger partial charge in [-0.15, -0.1) is 5.10 Å². The van der Waals surface area contributed by atoms with Crippen LogP contribution in [0.2, 0.25) is 0 Å². The van der Waals surface area contributed by atoms with Crippen LogP contribution in [0.3, 0.4) is 0 Å². The van der Waals surface area contributed by atoms with Crippen LogP contribution in [0, 0.1) is 12.8 Å². The van der Waals surface area contributed by atoms with Crippen molar-refractivity contribution in [1.82, 2.24) is 14.6 Å². The lowest BCUT2D eigenvalue weighted by Gasteiger charge is -2.32. The van der Waals surface area contributed by atoms with Gasteiger partial charge in [0.1, 0.15) is 0 Å². The smallest absolute Gasteiger partial charge is 0.308 e. The fourth-order valence-corrected chi connectivity index (χ4v) is 2.86. The summed E-state index contributed by atoms with van der Waals surface area (Å²) in [5.41, 5.74) is 8.54. The van der Waals surface area contributed by atoms with Gasteiger partial charge in [-0.2, -0.15) is 4.98 Å². The molecule has 0 unspecified atom stereocenters. The predicted octanol–water partition coefficient (Wildman–Crippen LogP) is 1.01. The molecule has 0 atom stereocenters. The van der Waals surface area contributed by atoms with Gasteiger partial charge in [-0.3, -0.25) is 4.79 Å². The van der Waals surface area contributed by atoms with E-state index in [0.717, 1.165) is 42.8 Å². The number of hydrogen-bond donors (Lipinski definition) is 1. The van der Waals surface area contributed by atoms with E-state index in [1.54, 1.807) is 4.52 Å². The molecule has 1 aliphatic rings. The molecule has 7 nitrogen and oxygen atoms in total. The lowest BCUT2D eigenvalue weighted by Crippen LogP contribution is -2.36. The Kier molecular flexibility index (Phi) is 3.40. The molecule has 0 aromatic carbocycles. The van der Waals surface area contributed by atoms with E-state index in [4.69, 9.17) is 10.5 Å². The van der Waals surface area contributed by atoms with E-state index < -0.39 is 0 Å². The molecule has 0 amide bonds.